The third-order valence-corrected chi connectivity index (χ3v) is 5.92. The lowest BCUT2D eigenvalue weighted by atomic mass is 9.79. The summed E-state index contributed by atoms with van der Waals surface area (Å²) in [6.45, 7) is 3.85. The predicted molar refractivity (Wildman–Crippen MR) is 100 cm³/mol. The number of esters is 1. The lowest BCUT2D eigenvalue weighted by Crippen LogP contribution is -2.45. The van der Waals surface area contributed by atoms with Gasteiger partial charge in [-0.3, -0.25) is 14.5 Å². The Morgan fingerprint density at radius 2 is 1.93 bits per heavy atom. The van der Waals surface area contributed by atoms with Crippen molar-refractivity contribution in [3.63, 3.8) is 0 Å². The lowest BCUT2D eigenvalue weighted by molar-refractivity contribution is -0.140. The molecule has 0 radical (unpaired) electrons. The molecule has 2 heterocycles. The molecule has 0 unspecified atom stereocenters. The standard InChI is InChI=1S/C21H28F2N2O3/c1-28-20(27)5-2-4-19(26)25-11-9-21(15-25)8-3-10-24(14-21)13-16-6-7-17(22)18(23)12-16/h6-7,12H,2-5,8-11,13-15H2,1H3/t21-/m0/s1. The molecule has 28 heavy (non-hydrogen) atoms. The van der Waals surface area contributed by atoms with Gasteiger partial charge in [0.05, 0.1) is 7.11 Å². The molecule has 0 bridgehead atoms. The van der Waals surface area contributed by atoms with E-state index in [-0.39, 0.29) is 23.7 Å². The van der Waals surface area contributed by atoms with E-state index in [1.807, 2.05) is 4.90 Å². The Balaban J connectivity index is 1.52. The summed E-state index contributed by atoms with van der Waals surface area (Å²) in [4.78, 5) is 27.8. The summed E-state index contributed by atoms with van der Waals surface area (Å²) in [5.74, 6) is -1.82. The number of piperidine rings is 1. The van der Waals surface area contributed by atoms with E-state index in [2.05, 4.69) is 9.64 Å². The number of methoxy groups -OCH3 is 1. The average molecular weight is 394 g/mol. The monoisotopic (exact) mass is 394 g/mol. The normalized spacial score (nSPS) is 22.6. The zero-order chi connectivity index (χ0) is 20.1. The van der Waals surface area contributed by atoms with Crippen LogP contribution in [-0.4, -0.2) is 55.0 Å². The summed E-state index contributed by atoms with van der Waals surface area (Å²) in [7, 11) is 1.35. The van der Waals surface area contributed by atoms with Gasteiger partial charge in [0, 0.05) is 44.4 Å². The van der Waals surface area contributed by atoms with Gasteiger partial charge in [0.2, 0.25) is 5.91 Å². The van der Waals surface area contributed by atoms with E-state index in [1.54, 1.807) is 6.07 Å². The number of nitrogens with zero attached hydrogens (tertiary/aromatic N) is 2. The van der Waals surface area contributed by atoms with Gasteiger partial charge in [-0.15, -0.1) is 0 Å². The number of hydrogen-bond acceptors (Lipinski definition) is 4. The Morgan fingerprint density at radius 1 is 1.11 bits per heavy atom. The van der Waals surface area contributed by atoms with Gasteiger partial charge < -0.3 is 9.64 Å². The van der Waals surface area contributed by atoms with Gasteiger partial charge in [0.1, 0.15) is 0 Å². The van der Waals surface area contributed by atoms with Crippen LogP contribution in [-0.2, 0) is 20.9 Å². The molecule has 5 nitrogen and oxygen atoms in total. The first-order valence-electron chi connectivity index (χ1n) is 9.92. The number of halogens is 2. The van der Waals surface area contributed by atoms with Crippen molar-refractivity contribution in [2.45, 2.75) is 45.1 Å². The Labute approximate surface area is 164 Å². The maximum Gasteiger partial charge on any atom is 0.305 e. The summed E-state index contributed by atoms with van der Waals surface area (Å²) in [6.07, 6.45) is 4.22. The summed E-state index contributed by atoms with van der Waals surface area (Å²) in [6, 6.07) is 4.07. The maximum absolute atomic E-state index is 13.5. The molecule has 0 saturated carbocycles. The number of ether oxygens (including phenoxy) is 1. The quantitative estimate of drug-likeness (QED) is 0.696. The maximum atomic E-state index is 13.5. The second kappa shape index (κ2) is 8.99. The van der Waals surface area contributed by atoms with Crippen LogP contribution in [0.4, 0.5) is 8.78 Å². The smallest absolute Gasteiger partial charge is 0.305 e. The van der Waals surface area contributed by atoms with Crippen molar-refractivity contribution in [1.82, 2.24) is 9.80 Å². The van der Waals surface area contributed by atoms with Crippen LogP contribution in [0.1, 0.15) is 44.1 Å². The van der Waals surface area contributed by atoms with Crippen LogP contribution in [0, 0.1) is 17.0 Å². The molecule has 2 aliphatic rings. The van der Waals surface area contributed by atoms with Gasteiger partial charge in [-0.2, -0.15) is 0 Å². The number of hydrogen-bond donors (Lipinski definition) is 0. The van der Waals surface area contributed by atoms with E-state index in [4.69, 9.17) is 0 Å². The molecule has 0 aliphatic carbocycles. The second-order valence-electron chi connectivity index (χ2n) is 8.06. The van der Waals surface area contributed by atoms with Crippen LogP contribution < -0.4 is 0 Å². The molecule has 7 heteroatoms. The van der Waals surface area contributed by atoms with Crippen LogP contribution in [0.25, 0.3) is 0 Å². The van der Waals surface area contributed by atoms with Gasteiger partial charge in [-0.25, -0.2) is 8.78 Å². The fraction of sp³-hybridized carbons (Fsp3) is 0.619. The highest BCUT2D eigenvalue weighted by Gasteiger charge is 2.42. The molecular formula is C21H28F2N2O3. The lowest BCUT2D eigenvalue weighted by Gasteiger charge is -2.40. The first-order chi connectivity index (χ1) is 13.4. The van der Waals surface area contributed by atoms with E-state index in [0.717, 1.165) is 51.0 Å². The molecule has 2 fully saturated rings. The highest BCUT2D eigenvalue weighted by molar-refractivity contribution is 5.77. The van der Waals surface area contributed by atoms with Gasteiger partial charge in [-0.05, 0) is 49.9 Å². The topological polar surface area (TPSA) is 49.9 Å². The Kier molecular flexibility index (Phi) is 6.65. The van der Waals surface area contributed by atoms with Gasteiger partial charge >= 0.3 is 5.97 Å². The molecule has 1 atom stereocenters. The van der Waals surface area contributed by atoms with Crippen molar-refractivity contribution in [1.29, 1.82) is 0 Å². The molecule has 2 aliphatic heterocycles. The number of likely N-dealkylation sites (tertiary alicyclic amines) is 2. The van der Waals surface area contributed by atoms with Crippen LogP contribution >= 0.6 is 0 Å². The minimum atomic E-state index is -0.823. The summed E-state index contributed by atoms with van der Waals surface area (Å²) in [5.41, 5.74) is 0.846. The minimum Gasteiger partial charge on any atom is -0.469 e. The first-order valence-corrected chi connectivity index (χ1v) is 9.92. The Bertz CT molecular complexity index is 728. The van der Waals surface area contributed by atoms with Crippen LogP contribution in [0.5, 0.6) is 0 Å². The molecule has 2 saturated heterocycles. The summed E-state index contributed by atoms with van der Waals surface area (Å²) >= 11 is 0. The van der Waals surface area contributed by atoms with Crippen molar-refractivity contribution in [2.75, 3.05) is 33.3 Å². The highest BCUT2D eigenvalue weighted by Crippen LogP contribution is 2.39. The first kappa shape index (κ1) is 20.7. The summed E-state index contributed by atoms with van der Waals surface area (Å²) in [5, 5.41) is 0. The molecule has 1 amide bonds. The van der Waals surface area contributed by atoms with E-state index < -0.39 is 11.6 Å². The third-order valence-electron chi connectivity index (χ3n) is 5.92. The Hall–Kier alpha value is -2.02. The number of benzene rings is 1. The zero-order valence-electron chi connectivity index (χ0n) is 16.4. The molecular weight excluding hydrogens is 366 g/mol. The average Bonchev–Trinajstić information content (AvgIpc) is 3.07. The third kappa shape index (κ3) is 5.07. The number of amides is 1. The number of carbonyl (C=O) groups is 2. The molecule has 0 aromatic heterocycles. The van der Waals surface area contributed by atoms with E-state index >= 15 is 0 Å². The van der Waals surface area contributed by atoms with Crippen LogP contribution in [0.3, 0.4) is 0 Å². The Morgan fingerprint density at radius 3 is 2.68 bits per heavy atom. The number of carbonyl (C=O) groups excluding carboxylic acids is 2. The van der Waals surface area contributed by atoms with Crippen molar-refractivity contribution in [2.24, 2.45) is 5.41 Å². The SMILES string of the molecule is COC(=O)CCCC(=O)N1CC[C@]2(CCCN(Cc3ccc(F)c(F)c3)C2)C1. The fourth-order valence-corrected chi connectivity index (χ4v) is 4.47. The van der Waals surface area contributed by atoms with Crippen molar-refractivity contribution < 1.29 is 23.1 Å². The van der Waals surface area contributed by atoms with Crippen molar-refractivity contribution in [3.8, 4) is 0 Å². The largest absolute Gasteiger partial charge is 0.469 e. The van der Waals surface area contributed by atoms with Crippen molar-refractivity contribution in [3.05, 3.63) is 35.4 Å². The van der Waals surface area contributed by atoms with E-state index in [0.29, 0.717) is 19.4 Å². The minimum absolute atomic E-state index is 0.0782. The van der Waals surface area contributed by atoms with E-state index in [9.17, 15) is 18.4 Å². The van der Waals surface area contributed by atoms with E-state index in [1.165, 1.54) is 19.2 Å². The molecule has 1 spiro atoms. The van der Waals surface area contributed by atoms with Crippen LogP contribution in [0.15, 0.2) is 18.2 Å². The molecule has 154 valence electrons. The highest BCUT2D eigenvalue weighted by atomic mass is 19.2. The van der Waals surface area contributed by atoms with Crippen LogP contribution in [0.2, 0.25) is 0 Å². The van der Waals surface area contributed by atoms with Crippen molar-refractivity contribution >= 4 is 11.9 Å². The summed E-state index contributed by atoms with van der Waals surface area (Å²) < 4.78 is 31.2. The molecule has 3 rings (SSSR count). The van der Waals surface area contributed by atoms with Gasteiger partial charge in [0.25, 0.3) is 0 Å². The second-order valence-corrected chi connectivity index (χ2v) is 8.06. The van der Waals surface area contributed by atoms with Gasteiger partial charge in [0.15, 0.2) is 11.6 Å². The molecule has 0 N–H and O–H groups in total. The predicted octanol–water partition coefficient (Wildman–Crippen LogP) is 3.12. The fourth-order valence-electron chi connectivity index (χ4n) is 4.47. The van der Waals surface area contributed by atoms with Gasteiger partial charge in [-0.1, -0.05) is 6.07 Å². The molecule has 1 aromatic carbocycles. The molecule has 1 aromatic rings. The zero-order valence-corrected chi connectivity index (χ0v) is 16.4. The number of rotatable bonds is 6.